The summed E-state index contributed by atoms with van der Waals surface area (Å²) in [5.41, 5.74) is 2.41. The third-order valence-corrected chi connectivity index (χ3v) is 7.66. The van der Waals surface area contributed by atoms with Crippen LogP contribution in [-0.2, 0) is 14.3 Å². The quantitative estimate of drug-likeness (QED) is 0.556. The second-order valence-electron chi connectivity index (χ2n) is 7.35. The van der Waals surface area contributed by atoms with Crippen LogP contribution in [0.25, 0.3) is 5.57 Å². The van der Waals surface area contributed by atoms with E-state index in [0.29, 0.717) is 32.7 Å². The third-order valence-electron chi connectivity index (χ3n) is 5.68. The Balaban J connectivity index is 1.85. The van der Waals surface area contributed by atoms with Gasteiger partial charge in [-0.25, -0.2) is 9.79 Å². The summed E-state index contributed by atoms with van der Waals surface area (Å²) in [4.78, 5) is 47.2. The number of esters is 1. The molecule has 32 heavy (non-hydrogen) atoms. The van der Waals surface area contributed by atoms with E-state index < -0.39 is 12.0 Å². The van der Waals surface area contributed by atoms with E-state index in [-0.39, 0.29) is 11.5 Å². The Hall–Kier alpha value is -3.30. The molecule has 2 aliphatic rings. The number of fused-ring (bicyclic) bond motifs is 2. The van der Waals surface area contributed by atoms with Crippen LogP contribution in [-0.4, -0.2) is 30.1 Å². The molecule has 0 spiro atoms. The molecular formula is C23H19N3O4S2. The average molecular weight is 466 g/mol. The highest BCUT2D eigenvalue weighted by Gasteiger charge is 2.37. The Morgan fingerprint density at radius 2 is 1.97 bits per heavy atom. The number of thiazole rings is 1. The molecule has 0 bridgehead atoms. The molecule has 2 aliphatic heterocycles. The SMILES string of the molecule is CCN1C(=O)/C(=c2\sc3n(c2=O)[C@@H](c2cccs2)C(C(=O)OC)=C(C)N=3)c2ccccc21. The van der Waals surface area contributed by atoms with Crippen LogP contribution in [0.2, 0.25) is 0 Å². The zero-order valence-corrected chi connectivity index (χ0v) is 19.3. The summed E-state index contributed by atoms with van der Waals surface area (Å²) < 4.78 is 6.86. The number of rotatable bonds is 3. The first-order chi connectivity index (χ1) is 15.5. The minimum atomic E-state index is -0.651. The Morgan fingerprint density at radius 1 is 1.19 bits per heavy atom. The van der Waals surface area contributed by atoms with Gasteiger partial charge in [-0.15, -0.1) is 11.3 Å². The maximum Gasteiger partial charge on any atom is 0.338 e. The highest BCUT2D eigenvalue weighted by Crippen LogP contribution is 2.36. The van der Waals surface area contributed by atoms with Crippen molar-refractivity contribution in [2.45, 2.75) is 19.9 Å². The number of benzene rings is 1. The zero-order valence-electron chi connectivity index (χ0n) is 17.6. The minimum Gasteiger partial charge on any atom is -0.466 e. The number of amides is 1. The first kappa shape index (κ1) is 20.6. The number of nitrogens with zero attached hydrogens (tertiary/aromatic N) is 3. The molecule has 2 aromatic heterocycles. The van der Waals surface area contributed by atoms with E-state index in [9.17, 15) is 14.4 Å². The predicted octanol–water partition coefficient (Wildman–Crippen LogP) is 2.21. The molecule has 1 aromatic carbocycles. The molecular weight excluding hydrogens is 446 g/mol. The van der Waals surface area contributed by atoms with E-state index in [2.05, 4.69) is 4.99 Å². The van der Waals surface area contributed by atoms with Crippen LogP contribution in [0.15, 0.2) is 62.8 Å². The molecule has 4 heterocycles. The normalized spacial score (nSPS) is 19.0. The van der Waals surface area contributed by atoms with Crippen molar-refractivity contribution in [1.82, 2.24) is 4.57 Å². The fraction of sp³-hybridized carbons (Fsp3) is 0.217. The molecule has 0 saturated heterocycles. The Kier molecular flexibility index (Phi) is 4.94. The van der Waals surface area contributed by atoms with Crippen molar-refractivity contribution < 1.29 is 14.3 Å². The van der Waals surface area contributed by atoms with Crippen LogP contribution < -0.4 is 19.8 Å². The van der Waals surface area contributed by atoms with Gasteiger partial charge in [0.25, 0.3) is 11.5 Å². The summed E-state index contributed by atoms with van der Waals surface area (Å²) in [6.07, 6.45) is 0. The molecule has 0 fully saturated rings. The van der Waals surface area contributed by atoms with Gasteiger partial charge in [-0.05, 0) is 31.4 Å². The average Bonchev–Trinajstić information content (AvgIpc) is 3.49. The van der Waals surface area contributed by atoms with E-state index in [0.717, 1.165) is 16.1 Å². The number of carbonyl (C=O) groups is 2. The number of thiophene rings is 1. The number of hydrogen-bond acceptors (Lipinski definition) is 7. The summed E-state index contributed by atoms with van der Waals surface area (Å²) in [6, 6.07) is 10.6. The molecule has 1 atom stereocenters. The Bertz CT molecular complexity index is 1480. The zero-order chi connectivity index (χ0) is 22.6. The topological polar surface area (TPSA) is 81.0 Å². The van der Waals surface area contributed by atoms with Crippen LogP contribution in [0.1, 0.15) is 30.3 Å². The van der Waals surface area contributed by atoms with E-state index >= 15 is 0 Å². The van der Waals surface area contributed by atoms with Crippen molar-refractivity contribution in [1.29, 1.82) is 0 Å². The maximum atomic E-state index is 13.8. The highest BCUT2D eigenvalue weighted by atomic mass is 32.1. The van der Waals surface area contributed by atoms with Gasteiger partial charge in [0.15, 0.2) is 4.80 Å². The highest BCUT2D eigenvalue weighted by molar-refractivity contribution is 7.10. The van der Waals surface area contributed by atoms with Crippen LogP contribution in [0, 0.1) is 0 Å². The second-order valence-corrected chi connectivity index (χ2v) is 9.31. The molecule has 0 aliphatic carbocycles. The van der Waals surface area contributed by atoms with Crippen LogP contribution in [0.3, 0.4) is 0 Å². The lowest BCUT2D eigenvalue weighted by molar-refractivity contribution is -0.136. The van der Waals surface area contributed by atoms with Crippen molar-refractivity contribution in [2.24, 2.45) is 4.99 Å². The molecule has 9 heteroatoms. The standard InChI is InChI=1S/C23H19N3O4S2/c1-4-25-14-9-6-5-8-13(14)17(20(25)27)19-21(28)26-18(15-10-7-11-31-15)16(22(29)30-3)12(2)24-23(26)32-19/h5-11,18H,4H2,1-3H3/b19-17-/t18-/m0/s1. The number of likely N-dealkylation sites (N-methyl/N-ethyl adjacent to an activating group) is 1. The molecule has 1 amide bonds. The van der Waals surface area contributed by atoms with E-state index in [1.807, 2.05) is 48.7 Å². The lowest BCUT2D eigenvalue weighted by Crippen LogP contribution is -2.40. The van der Waals surface area contributed by atoms with Gasteiger partial charge in [0.2, 0.25) is 0 Å². The lowest BCUT2D eigenvalue weighted by atomic mass is 10.0. The van der Waals surface area contributed by atoms with Gasteiger partial charge in [0.1, 0.15) is 10.6 Å². The van der Waals surface area contributed by atoms with Gasteiger partial charge in [-0.3, -0.25) is 14.2 Å². The first-order valence-corrected chi connectivity index (χ1v) is 11.8. The monoisotopic (exact) mass is 465 g/mol. The molecule has 0 N–H and O–H groups in total. The fourth-order valence-electron chi connectivity index (χ4n) is 4.27. The van der Waals surface area contributed by atoms with E-state index in [1.54, 1.807) is 11.8 Å². The third kappa shape index (κ3) is 2.85. The van der Waals surface area contributed by atoms with Gasteiger partial charge in [-0.1, -0.05) is 35.6 Å². The van der Waals surface area contributed by atoms with Crippen molar-refractivity contribution in [3.63, 3.8) is 0 Å². The number of ether oxygens (including phenoxy) is 1. The van der Waals surface area contributed by atoms with Gasteiger partial charge in [0.05, 0.1) is 29.6 Å². The Morgan fingerprint density at radius 3 is 2.66 bits per heavy atom. The maximum absolute atomic E-state index is 13.8. The van der Waals surface area contributed by atoms with Gasteiger partial charge in [-0.2, -0.15) is 0 Å². The summed E-state index contributed by atoms with van der Waals surface area (Å²) in [7, 11) is 1.31. The predicted molar refractivity (Wildman–Crippen MR) is 124 cm³/mol. The lowest BCUT2D eigenvalue weighted by Gasteiger charge is -2.22. The number of para-hydroxylation sites is 1. The molecule has 0 saturated carbocycles. The summed E-state index contributed by atoms with van der Waals surface area (Å²) in [6.45, 7) is 4.14. The molecule has 3 aromatic rings. The molecule has 162 valence electrons. The summed E-state index contributed by atoms with van der Waals surface area (Å²) >= 11 is 2.63. The number of anilines is 1. The first-order valence-electron chi connectivity index (χ1n) is 10.1. The fourth-order valence-corrected chi connectivity index (χ4v) is 6.23. The van der Waals surface area contributed by atoms with Gasteiger partial charge < -0.3 is 9.64 Å². The van der Waals surface area contributed by atoms with Crippen molar-refractivity contribution >= 4 is 45.8 Å². The van der Waals surface area contributed by atoms with Crippen molar-refractivity contribution in [3.8, 4) is 0 Å². The summed E-state index contributed by atoms with van der Waals surface area (Å²) in [5.74, 6) is -0.724. The molecule has 7 nitrogen and oxygen atoms in total. The van der Waals surface area contributed by atoms with Crippen LogP contribution in [0.5, 0.6) is 0 Å². The largest absolute Gasteiger partial charge is 0.466 e. The number of carbonyl (C=O) groups excluding carboxylic acids is 2. The minimum absolute atomic E-state index is 0.199. The molecule has 0 radical (unpaired) electrons. The number of aromatic nitrogens is 1. The smallest absolute Gasteiger partial charge is 0.338 e. The van der Waals surface area contributed by atoms with E-state index in [1.165, 1.54) is 34.4 Å². The van der Waals surface area contributed by atoms with Crippen LogP contribution >= 0.6 is 22.7 Å². The summed E-state index contributed by atoms with van der Waals surface area (Å²) in [5, 5.41) is 1.90. The molecule has 5 rings (SSSR count). The van der Waals surface area contributed by atoms with E-state index in [4.69, 9.17) is 4.74 Å². The number of allylic oxidation sites excluding steroid dienone is 1. The van der Waals surface area contributed by atoms with Crippen molar-refractivity contribution in [3.05, 3.63) is 83.2 Å². The second kappa shape index (κ2) is 7.68. The number of hydrogen-bond donors (Lipinski definition) is 0. The number of methoxy groups -OCH3 is 1. The van der Waals surface area contributed by atoms with Crippen molar-refractivity contribution in [2.75, 3.05) is 18.6 Å². The molecule has 0 unspecified atom stereocenters. The Labute approximate surface area is 191 Å². The van der Waals surface area contributed by atoms with Crippen LogP contribution in [0.4, 0.5) is 5.69 Å². The van der Waals surface area contributed by atoms with Gasteiger partial charge >= 0.3 is 5.97 Å². The van der Waals surface area contributed by atoms with Gasteiger partial charge in [0, 0.05) is 17.0 Å².